The van der Waals surface area contributed by atoms with Gasteiger partial charge in [-0.3, -0.25) is 4.79 Å². The molecule has 0 bridgehead atoms. The van der Waals surface area contributed by atoms with Crippen molar-refractivity contribution in [2.24, 2.45) is 0 Å². The monoisotopic (exact) mass is 192 g/mol. The number of rotatable bonds is 4. The number of carbonyl (C=O) groups excluding carboxylic acids is 2. The summed E-state index contributed by atoms with van der Waals surface area (Å²) in [5, 5.41) is 10.6. The Bertz CT molecular complexity index is 323. The van der Waals surface area contributed by atoms with Gasteiger partial charge in [-0.25, -0.2) is 0 Å². The number of carboxylic acids is 1. The molecule has 0 saturated heterocycles. The lowest BCUT2D eigenvalue weighted by Gasteiger charge is -2.25. The fraction of sp³-hybridized carbons (Fsp3) is 0.200. The predicted molar refractivity (Wildman–Crippen MR) is 49.5 cm³/mol. The van der Waals surface area contributed by atoms with Gasteiger partial charge in [0.25, 0.3) is 0 Å². The second-order valence-electron chi connectivity index (χ2n) is 2.84. The number of para-hydroxylation sites is 1. The van der Waals surface area contributed by atoms with Crippen LogP contribution in [0.5, 0.6) is 0 Å². The van der Waals surface area contributed by atoms with Crippen molar-refractivity contribution in [2.45, 2.75) is 13.0 Å². The van der Waals surface area contributed by atoms with E-state index in [1.807, 2.05) is 0 Å². The normalized spacial score (nSPS) is 11.8. The Hall–Kier alpha value is -1.84. The third kappa shape index (κ3) is 2.10. The first-order valence-corrected chi connectivity index (χ1v) is 4.16. The summed E-state index contributed by atoms with van der Waals surface area (Å²) in [4.78, 5) is 22.4. The highest BCUT2D eigenvalue weighted by Gasteiger charge is 2.13. The smallest absolute Gasteiger partial charge is 0.214 e. The van der Waals surface area contributed by atoms with Gasteiger partial charge in [0, 0.05) is 5.69 Å². The molecule has 0 unspecified atom stereocenters. The summed E-state index contributed by atoms with van der Waals surface area (Å²) < 4.78 is 0. The standard InChI is InChI=1S/C10H11NO3/c1-8(10(13)14)11(7-12)9-5-3-2-4-6-9/h2-8H,1H3,(H,13,14)/p-1/t8-/m0/s1. The summed E-state index contributed by atoms with van der Waals surface area (Å²) in [6.07, 6.45) is 0.482. The van der Waals surface area contributed by atoms with Crippen LogP contribution >= 0.6 is 0 Å². The molecule has 74 valence electrons. The number of carbonyl (C=O) groups is 2. The van der Waals surface area contributed by atoms with E-state index in [1.54, 1.807) is 30.3 Å². The van der Waals surface area contributed by atoms with Crippen LogP contribution in [0.3, 0.4) is 0 Å². The predicted octanol–water partition coefficient (Wildman–Crippen LogP) is -0.212. The van der Waals surface area contributed by atoms with Crippen molar-refractivity contribution >= 4 is 18.1 Å². The average molecular weight is 192 g/mol. The summed E-state index contributed by atoms with van der Waals surface area (Å²) in [5.74, 6) is -1.28. The SMILES string of the molecule is C[C@@H](C(=O)[O-])N(C=O)c1ccccc1. The molecular weight excluding hydrogens is 182 g/mol. The van der Waals surface area contributed by atoms with E-state index >= 15 is 0 Å². The topological polar surface area (TPSA) is 60.4 Å². The van der Waals surface area contributed by atoms with Crippen molar-refractivity contribution in [2.75, 3.05) is 4.90 Å². The quantitative estimate of drug-likeness (QED) is 0.620. The summed E-state index contributed by atoms with van der Waals surface area (Å²) >= 11 is 0. The number of hydrogen-bond acceptors (Lipinski definition) is 3. The molecule has 0 radical (unpaired) electrons. The molecule has 14 heavy (non-hydrogen) atoms. The Kier molecular flexibility index (Phi) is 3.23. The van der Waals surface area contributed by atoms with Gasteiger partial charge < -0.3 is 14.8 Å². The van der Waals surface area contributed by atoms with Crippen LogP contribution in [0.2, 0.25) is 0 Å². The largest absolute Gasteiger partial charge is 0.548 e. The zero-order valence-corrected chi connectivity index (χ0v) is 7.71. The molecule has 1 aromatic carbocycles. The van der Waals surface area contributed by atoms with Crippen molar-refractivity contribution in [1.29, 1.82) is 0 Å². The molecule has 4 heteroatoms. The highest BCUT2D eigenvalue weighted by Crippen LogP contribution is 2.13. The first-order chi connectivity index (χ1) is 6.66. The zero-order chi connectivity index (χ0) is 10.6. The molecule has 1 rings (SSSR count). The van der Waals surface area contributed by atoms with Crippen LogP contribution in [0.25, 0.3) is 0 Å². The van der Waals surface area contributed by atoms with E-state index in [-0.39, 0.29) is 0 Å². The van der Waals surface area contributed by atoms with Gasteiger partial charge in [0.2, 0.25) is 6.41 Å². The molecule has 1 atom stereocenters. The van der Waals surface area contributed by atoms with Crippen molar-refractivity contribution in [3.8, 4) is 0 Å². The highest BCUT2D eigenvalue weighted by molar-refractivity contribution is 5.86. The maximum atomic E-state index is 10.7. The summed E-state index contributed by atoms with van der Waals surface area (Å²) in [6.45, 7) is 1.40. The molecule has 0 heterocycles. The Morgan fingerprint density at radius 2 is 2.00 bits per heavy atom. The molecule has 0 aliphatic heterocycles. The number of amides is 1. The van der Waals surface area contributed by atoms with Gasteiger partial charge in [0.1, 0.15) is 0 Å². The van der Waals surface area contributed by atoms with Crippen LogP contribution < -0.4 is 10.0 Å². The molecule has 0 fully saturated rings. The molecule has 0 saturated carbocycles. The number of aliphatic carboxylic acids is 1. The highest BCUT2D eigenvalue weighted by atomic mass is 16.4. The Morgan fingerprint density at radius 3 is 2.43 bits per heavy atom. The van der Waals surface area contributed by atoms with Crippen molar-refractivity contribution in [1.82, 2.24) is 0 Å². The first-order valence-electron chi connectivity index (χ1n) is 4.16. The average Bonchev–Trinajstić information content (AvgIpc) is 2.20. The Balaban J connectivity index is 2.93. The van der Waals surface area contributed by atoms with Gasteiger partial charge in [-0.05, 0) is 19.1 Å². The van der Waals surface area contributed by atoms with Crippen molar-refractivity contribution < 1.29 is 14.7 Å². The van der Waals surface area contributed by atoms with E-state index < -0.39 is 12.0 Å². The number of hydrogen-bond donors (Lipinski definition) is 0. The minimum Gasteiger partial charge on any atom is -0.548 e. The summed E-state index contributed by atoms with van der Waals surface area (Å²) in [5.41, 5.74) is 0.541. The molecule has 1 aromatic rings. The van der Waals surface area contributed by atoms with Crippen molar-refractivity contribution in [3.05, 3.63) is 30.3 Å². The van der Waals surface area contributed by atoms with Gasteiger partial charge in [-0.1, -0.05) is 18.2 Å². The number of anilines is 1. The van der Waals surface area contributed by atoms with E-state index in [0.717, 1.165) is 4.90 Å². The van der Waals surface area contributed by atoms with Crippen LogP contribution in [0.4, 0.5) is 5.69 Å². The molecule has 0 aliphatic carbocycles. The molecule has 1 amide bonds. The molecule has 0 aliphatic rings. The van der Waals surface area contributed by atoms with E-state index in [9.17, 15) is 14.7 Å². The van der Waals surface area contributed by atoms with Crippen LogP contribution in [0, 0.1) is 0 Å². The molecule has 0 spiro atoms. The lowest BCUT2D eigenvalue weighted by molar-refractivity contribution is -0.306. The molecular formula is C10H10NO3-. The maximum Gasteiger partial charge on any atom is 0.214 e. The van der Waals surface area contributed by atoms with Gasteiger partial charge in [0.05, 0.1) is 12.0 Å². The van der Waals surface area contributed by atoms with Crippen LogP contribution in [0.15, 0.2) is 30.3 Å². The third-order valence-corrected chi connectivity index (χ3v) is 1.93. The van der Waals surface area contributed by atoms with Crippen LogP contribution in [-0.4, -0.2) is 18.4 Å². The van der Waals surface area contributed by atoms with Gasteiger partial charge >= 0.3 is 0 Å². The Morgan fingerprint density at radius 1 is 1.43 bits per heavy atom. The Labute approximate surface area is 81.8 Å². The first kappa shape index (κ1) is 10.2. The van der Waals surface area contributed by atoms with E-state index in [0.29, 0.717) is 12.1 Å². The van der Waals surface area contributed by atoms with E-state index in [2.05, 4.69) is 0 Å². The van der Waals surface area contributed by atoms with E-state index in [1.165, 1.54) is 6.92 Å². The number of benzene rings is 1. The minimum atomic E-state index is -1.28. The summed E-state index contributed by atoms with van der Waals surface area (Å²) in [7, 11) is 0. The molecule has 0 N–H and O–H groups in total. The van der Waals surface area contributed by atoms with E-state index in [4.69, 9.17) is 0 Å². The minimum absolute atomic E-state index is 0.482. The summed E-state index contributed by atoms with van der Waals surface area (Å²) in [6, 6.07) is 7.61. The fourth-order valence-corrected chi connectivity index (χ4v) is 1.09. The lowest BCUT2D eigenvalue weighted by Crippen LogP contribution is -2.45. The van der Waals surface area contributed by atoms with Gasteiger partial charge in [-0.15, -0.1) is 0 Å². The van der Waals surface area contributed by atoms with Gasteiger partial charge in [-0.2, -0.15) is 0 Å². The van der Waals surface area contributed by atoms with Gasteiger partial charge in [0.15, 0.2) is 0 Å². The maximum absolute atomic E-state index is 10.7. The lowest BCUT2D eigenvalue weighted by atomic mass is 10.2. The second-order valence-corrected chi connectivity index (χ2v) is 2.84. The second kappa shape index (κ2) is 4.41. The number of carboxylic acid groups (broad SMARTS) is 1. The molecule has 0 aromatic heterocycles. The number of nitrogens with zero attached hydrogens (tertiary/aromatic N) is 1. The third-order valence-electron chi connectivity index (χ3n) is 1.93. The fourth-order valence-electron chi connectivity index (χ4n) is 1.09. The van der Waals surface area contributed by atoms with Crippen molar-refractivity contribution in [3.63, 3.8) is 0 Å². The zero-order valence-electron chi connectivity index (χ0n) is 7.71. The molecule has 4 nitrogen and oxygen atoms in total. The van der Waals surface area contributed by atoms with Crippen LogP contribution in [-0.2, 0) is 9.59 Å². The van der Waals surface area contributed by atoms with Crippen LogP contribution in [0.1, 0.15) is 6.92 Å².